The lowest BCUT2D eigenvalue weighted by molar-refractivity contribution is -0.121. The van der Waals surface area contributed by atoms with Crippen LogP contribution in [0.3, 0.4) is 0 Å². The summed E-state index contributed by atoms with van der Waals surface area (Å²) in [7, 11) is -3.76. The number of anilines is 1. The second kappa shape index (κ2) is 8.82. The third kappa shape index (κ3) is 4.25. The predicted octanol–water partition coefficient (Wildman–Crippen LogP) is 2.79. The Labute approximate surface area is 195 Å². The quantitative estimate of drug-likeness (QED) is 0.607. The van der Waals surface area contributed by atoms with Crippen LogP contribution in [0.15, 0.2) is 47.4 Å². The zero-order chi connectivity index (χ0) is 23.0. The van der Waals surface area contributed by atoms with Gasteiger partial charge in [-0.1, -0.05) is 23.2 Å². The first-order valence-corrected chi connectivity index (χ1v) is 12.1. The minimum atomic E-state index is -3.76. The molecule has 0 spiro atoms. The number of carbonyl (C=O) groups is 3. The largest absolute Gasteiger partial charge is 0.336 e. The van der Waals surface area contributed by atoms with Gasteiger partial charge in [-0.15, -0.1) is 0 Å². The maximum absolute atomic E-state index is 12.9. The van der Waals surface area contributed by atoms with Crippen molar-refractivity contribution >= 4 is 56.6 Å². The van der Waals surface area contributed by atoms with Gasteiger partial charge in [0.1, 0.15) is 0 Å². The zero-order valence-electron chi connectivity index (χ0n) is 16.8. The van der Waals surface area contributed by atoms with Gasteiger partial charge in [-0.25, -0.2) is 8.42 Å². The molecule has 2 aromatic carbocycles. The van der Waals surface area contributed by atoms with Crippen LogP contribution in [0.2, 0.25) is 10.0 Å². The van der Waals surface area contributed by atoms with Gasteiger partial charge in [0.25, 0.3) is 5.91 Å². The lowest BCUT2D eigenvalue weighted by atomic mass is 10.1. The van der Waals surface area contributed by atoms with Crippen molar-refractivity contribution in [3.8, 4) is 0 Å². The highest BCUT2D eigenvalue weighted by molar-refractivity contribution is 7.89. The average molecular weight is 496 g/mol. The molecule has 4 rings (SSSR count). The van der Waals surface area contributed by atoms with Gasteiger partial charge in [-0.2, -0.15) is 4.31 Å². The molecule has 0 N–H and O–H groups in total. The Hall–Kier alpha value is -2.46. The number of sulfonamides is 1. The molecular weight excluding hydrogens is 477 g/mol. The number of piperazine rings is 1. The molecule has 2 saturated heterocycles. The Morgan fingerprint density at radius 3 is 1.97 bits per heavy atom. The summed E-state index contributed by atoms with van der Waals surface area (Å²) in [5.41, 5.74) is 0.834. The van der Waals surface area contributed by atoms with Crippen LogP contribution in [0.4, 0.5) is 5.69 Å². The minimum Gasteiger partial charge on any atom is -0.336 e. The monoisotopic (exact) mass is 495 g/mol. The summed E-state index contributed by atoms with van der Waals surface area (Å²) >= 11 is 11.8. The van der Waals surface area contributed by atoms with Crippen LogP contribution < -0.4 is 4.90 Å². The molecule has 168 valence electrons. The Morgan fingerprint density at radius 1 is 0.812 bits per heavy atom. The van der Waals surface area contributed by atoms with Crippen molar-refractivity contribution in [2.24, 2.45) is 0 Å². The number of amides is 3. The molecule has 0 atom stereocenters. The van der Waals surface area contributed by atoms with E-state index in [4.69, 9.17) is 23.2 Å². The molecule has 2 heterocycles. The van der Waals surface area contributed by atoms with E-state index in [0.717, 1.165) is 4.90 Å². The summed E-state index contributed by atoms with van der Waals surface area (Å²) in [6, 6.07) is 10.4. The summed E-state index contributed by atoms with van der Waals surface area (Å²) in [5, 5.41) is 0.424. The van der Waals surface area contributed by atoms with Gasteiger partial charge in [0.2, 0.25) is 21.8 Å². The molecule has 0 saturated carbocycles. The molecule has 2 aromatic rings. The Bertz CT molecular complexity index is 1180. The van der Waals surface area contributed by atoms with E-state index in [-0.39, 0.29) is 71.7 Å². The smallest absolute Gasteiger partial charge is 0.253 e. The Kier molecular flexibility index (Phi) is 6.26. The number of carbonyl (C=O) groups excluding carboxylic acids is 3. The number of halogens is 2. The number of benzene rings is 2. The molecule has 8 nitrogen and oxygen atoms in total. The zero-order valence-corrected chi connectivity index (χ0v) is 19.2. The molecule has 3 amide bonds. The minimum absolute atomic E-state index is 0.0493. The molecule has 0 bridgehead atoms. The SMILES string of the molecule is O=C(c1ccc(N2C(=O)CCC2=O)cc1)N1CCN(S(=O)(=O)c2ccc(Cl)c(Cl)c2)CC1. The van der Waals surface area contributed by atoms with Crippen LogP contribution in [0.5, 0.6) is 0 Å². The van der Waals surface area contributed by atoms with Crippen LogP contribution in [-0.4, -0.2) is 61.5 Å². The van der Waals surface area contributed by atoms with Crippen molar-refractivity contribution in [3.63, 3.8) is 0 Å². The number of rotatable bonds is 4. The van der Waals surface area contributed by atoms with Crippen LogP contribution in [0, 0.1) is 0 Å². The number of hydrogen-bond acceptors (Lipinski definition) is 5. The van der Waals surface area contributed by atoms with Crippen molar-refractivity contribution in [2.45, 2.75) is 17.7 Å². The van der Waals surface area contributed by atoms with Gasteiger partial charge in [-0.05, 0) is 42.5 Å². The van der Waals surface area contributed by atoms with E-state index in [2.05, 4.69) is 0 Å². The van der Waals surface area contributed by atoms with Gasteiger partial charge < -0.3 is 4.90 Å². The number of hydrogen-bond donors (Lipinski definition) is 0. The van der Waals surface area contributed by atoms with E-state index in [1.807, 2.05) is 0 Å². The highest BCUT2D eigenvalue weighted by Gasteiger charge is 2.32. The summed E-state index contributed by atoms with van der Waals surface area (Å²) < 4.78 is 27.1. The maximum atomic E-state index is 12.9. The molecule has 32 heavy (non-hydrogen) atoms. The van der Waals surface area contributed by atoms with Gasteiger partial charge in [-0.3, -0.25) is 19.3 Å². The normalized spacial score (nSPS) is 17.8. The standard InChI is InChI=1S/C21H19Cl2N3O5S/c22-17-6-5-16(13-18(17)23)32(30,31)25-11-9-24(10-12-25)21(29)14-1-3-15(4-2-14)26-19(27)7-8-20(26)28/h1-6,13H,7-12H2. The molecule has 0 aromatic heterocycles. The lowest BCUT2D eigenvalue weighted by Crippen LogP contribution is -2.50. The van der Waals surface area contributed by atoms with Crippen molar-refractivity contribution in [3.05, 3.63) is 58.1 Å². The van der Waals surface area contributed by atoms with Crippen molar-refractivity contribution in [1.82, 2.24) is 9.21 Å². The topological polar surface area (TPSA) is 95.1 Å². The molecular formula is C21H19Cl2N3O5S. The average Bonchev–Trinajstić information content (AvgIpc) is 3.13. The van der Waals surface area contributed by atoms with Crippen molar-refractivity contribution in [2.75, 3.05) is 31.1 Å². The van der Waals surface area contributed by atoms with Crippen molar-refractivity contribution in [1.29, 1.82) is 0 Å². The van der Waals surface area contributed by atoms with E-state index in [9.17, 15) is 22.8 Å². The van der Waals surface area contributed by atoms with Crippen LogP contribution in [0.25, 0.3) is 0 Å². The van der Waals surface area contributed by atoms with Crippen LogP contribution >= 0.6 is 23.2 Å². The first-order valence-electron chi connectivity index (χ1n) is 9.89. The van der Waals surface area contributed by atoms with Gasteiger partial charge in [0, 0.05) is 44.6 Å². The summed E-state index contributed by atoms with van der Waals surface area (Å²) in [5.74, 6) is -0.760. The second-order valence-corrected chi connectivity index (χ2v) is 10.2. The maximum Gasteiger partial charge on any atom is 0.253 e. The first kappa shape index (κ1) is 22.7. The van der Waals surface area contributed by atoms with Gasteiger partial charge >= 0.3 is 0 Å². The molecule has 0 unspecified atom stereocenters. The highest BCUT2D eigenvalue weighted by Crippen LogP contribution is 2.27. The molecule has 2 aliphatic rings. The Balaban J connectivity index is 1.41. The third-order valence-corrected chi connectivity index (χ3v) is 8.11. The number of nitrogens with zero attached hydrogens (tertiary/aromatic N) is 3. The van der Waals surface area contributed by atoms with Crippen molar-refractivity contribution < 1.29 is 22.8 Å². The highest BCUT2D eigenvalue weighted by atomic mass is 35.5. The fourth-order valence-electron chi connectivity index (χ4n) is 3.72. The van der Waals surface area contributed by atoms with Crippen LogP contribution in [0.1, 0.15) is 23.2 Å². The fraction of sp³-hybridized carbons (Fsp3) is 0.286. The van der Waals surface area contributed by atoms with Crippen LogP contribution in [-0.2, 0) is 19.6 Å². The van der Waals surface area contributed by atoms with E-state index >= 15 is 0 Å². The second-order valence-electron chi connectivity index (χ2n) is 7.44. The van der Waals surface area contributed by atoms with E-state index in [1.54, 1.807) is 29.2 Å². The molecule has 2 fully saturated rings. The fourth-order valence-corrected chi connectivity index (χ4v) is 5.53. The first-order chi connectivity index (χ1) is 15.2. The van der Waals surface area contributed by atoms with Gasteiger partial charge in [0.05, 0.1) is 20.6 Å². The molecule has 11 heteroatoms. The summed E-state index contributed by atoms with van der Waals surface area (Å²) in [6.45, 7) is 0.737. The summed E-state index contributed by atoms with van der Waals surface area (Å²) in [4.78, 5) is 39.3. The van der Waals surface area contributed by atoms with E-state index < -0.39 is 10.0 Å². The van der Waals surface area contributed by atoms with Gasteiger partial charge in [0.15, 0.2) is 0 Å². The van der Waals surface area contributed by atoms with E-state index in [1.165, 1.54) is 22.5 Å². The molecule has 0 aliphatic carbocycles. The predicted molar refractivity (Wildman–Crippen MR) is 119 cm³/mol. The Morgan fingerprint density at radius 2 is 1.41 bits per heavy atom. The van der Waals surface area contributed by atoms with E-state index in [0.29, 0.717) is 11.3 Å². The third-order valence-electron chi connectivity index (χ3n) is 5.48. The lowest BCUT2D eigenvalue weighted by Gasteiger charge is -2.34. The summed E-state index contributed by atoms with van der Waals surface area (Å²) in [6.07, 6.45) is 0.379. The number of imide groups is 1. The molecule has 2 aliphatic heterocycles. The molecule has 0 radical (unpaired) electrons.